The van der Waals surface area contributed by atoms with Gasteiger partial charge in [0, 0.05) is 31.4 Å². The van der Waals surface area contributed by atoms with Crippen molar-refractivity contribution in [2.75, 3.05) is 6.61 Å². The number of fused-ring (bicyclic) bond motifs is 1. The molecule has 0 saturated carbocycles. The Morgan fingerprint density at radius 2 is 1.72 bits per heavy atom. The Morgan fingerprint density at radius 3 is 2.40 bits per heavy atom. The Labute approximate surface area is 144 Å². The summed E-state index contributed by atoms with van der Waals surface area (Å²) in [5, 5.41) is 10.7. The van der Waals surface area contributed by atoms with Gasteiger partial charge in [-0.05, 0) is 29.8 Å². The fourth-order valence-corrected chi connectivity index (χ4v) is 2.85. The molecule has 1 heterocycles. The molecule has 2 aromatic rings. The molecule has 0 spiro atoms. The molecule has 0 aromatic heterocycles. The number of hydrogen-bond donors (Lipinski definition) is 1. The summed E-state index contributed by atoms with van der Waals surface area (Å²) in [6.07, 6.45) is -0.789. The number of esters is 2. The van der Waals surface area contributed by atoms with Gasteiger partial charge in [0.15, 0.2) is 0 Å². The third-order valence-electron chi connectivity index (χ3n) is 3.91. The number of aliphatic hydroxyl groups is 1. The van der Waals surface area contributed by atoms with Gasteiger partial charge >= 0.3 is 11.9 Å². The van der Waals surface area contributed by atoms with Crippen LogP contribution in [-0.2, 0) is 9.59 Å². The third-order valence-corrected chi connectivity index (χ3v) is 3.91. The van der Waals surface area contributed by atoms with Crippen LogP contribution in [0.5, 0.6) is 17.2 Å². The quantitative estimate of drug-likeness (QED) is 0.682. The van der Waals surface area contributed by atoms with Crippen molar-refractivity contribution in [3.63, 3.8) is 0 Å². The van der Waals surface area contributed by atoms with E-state index in [1.54, 1.807) is 36.4 Å². The second-order valence-electron chi connectivity index (χ2n) is 5.82. The highest BCUT2D eigenvalue weighted by Gasteiger charge is 2.31. The van der Waals surface area contributed by atoms with Crippen LogP contribution in [0.15, 0.2) is 42.5 Å². The average molecular weight is 342 g/mol. The highest BCUT2D eigenvalue weighted by atomic mass is 16.5. The van der Waals surface area contributed by atoms with E-state index >= 15 is 0 Å². The van der Waals surface area contributed by atoms with E-state index in [9.17, 15) is 14.7 Å². The Balaban J connectivity index is 1.85. The molecule has 0 bridgehead atoms. The van der Waals surface area contributed by atoms with Gasteiger partial charge in [0.1, 0.15) is 17.2 Å². The molecule has 6 nitrogen and oxygen atoms in total. The molecule has 0 unspecified atom stereocenters. The molecule has 0 radical (unpaired) electrons. The van der Waals surface area contributed by atoms with E-state index in [2.05, 4.69) is 0 Å². The zero-order valence-electron chi connectivity index (χ0n) is 13.9. The van der Waals surface area contributed by atoms with Crippen LogP contribution in [0.3, 0.4) is 0 Å². The van der Waals surface area contributed by atoms with Crippen LogP contribution in [0.1, 0.15) is 37.0 Å². The molecule has 1 aliphatic heterocycles. The van der Waals surface area contributed by atoms with Gasteiger partial charge in [-0.2, -0.15) is 0 Å². The zero-order valence-corrected chi connectivity index (χ0v) is 13.9. The van der Waals surface area contributed by atoms with Gasteiger partial charge in [0.25, 0.3) is 0 Å². The first-order valence-corrected chi connectivity index (χ1v) is 7.85. The Hall–Kier alpha value is -2.86. The molecule has 0 amide bonds. The van der Waals surface area contributed by atoms with Gasteiger partial charge < -0.3 is 19.3 Å². The van der Waals surface area contributed by atoms with Crippen molar-refractivity contribution >= 4 is 11.9 Å². The smallest absolute Gasteiger partial charge is 0.308 e. The molecule has 0 saturated heterocycles. The van der Waals surface area contributed by atoms with Crippen molar-refractivity contribution in [3.05, 3.63) is 53.6 Å². The van der Waals surface area contributed by atoms with E-state index < -0.39 is 18.0 Å². The van der Waals surface area contributed by atoms with Crippen LogP contribution < -0.4 is 14.2 Å². The molecule has 25 heavy (non-hydrogen) atoms. The number of benzene rings is 2. The van der Waals surface area contributed by atoms with Crippen molar-refractivity contribution in [2.24, 2.45) is 0 Å². The van der Waals surface area contributed by atoms with Crippen molar-refractivity contribution in [1.29, 1.82) is 0 Å². The van der Waals surface area contributed by atoms with Gasteiger partial charge in [-0.1, -0.05) is 12.1 Å². The molecule has 0 fully saturated rings. The maximum atomic E-state index is 11.1. The fourth-order valence-electron chi connectivity index (χ4n) is 2.85. The molecular formula is C19H18O6. The maximum Gasteiger partial charge on any atom is 0.308 e. The van der Waals surface area contributed by atoms with E-state index in [1.165, 1.54) is 13.8 Å². The van der Waals surface area contributed by atoms with Gasteiger partial charge in [-0.25, -0.2) is 0 Å². The van der Waals surface area contributed by atoms with E-state index in [0.29, 0.717) is 22.8 Å². The van der Waals surface area contributed by atoms with Crippen molar-refractivity contribution in [3.8, 4) is 17.2 Å². The van der Waals surface area contributed by atoms with Gasteiger partial charge in [-0.3, -0.25) is 9.59 Å². The highest BCUT2D eigenvalue weighted by molar-refractivity contribution is 5.70. The topological polar surface area (TPSA) is 82.1 Å². The summed E-state index contributed by atoms with van der Waals surface area (Å²) < 4.78 is 15.9. The first-order chi connectivity index (χ1) is 11.9. The van der Waals surface area contributed by atoms with E-state index in [0.717, 1.165) is 5.56 Å². The molecule has 2 aromatic carbocycles. The van der Waals surface area contributed by atoms with E-state index in [4.69, 9.17) is 14.2 Å². The zero-order chi connectivity index (χ0) is 18.0. The lowest BCUT2D eigenvalue weighted by atomic mass is 9.87. The summed E-state index contributed by atoms with van der Waals surface area (Å²) in [6.45, 7) is 2.91. The third kappa shape index (κ3) is 3.80. The molecule has 6 heteroatoms. The monoisotopic (exact) mass is 342 g/mol. The predicted molar refractivity (Wildman–Crippen MR) is 88.7 cm³/mol. The largest absolute Gasteiger partial charge is 0.492 e. The molecule has 3 rings (SSSR count). The molecule has 130 valence electrons. The maximum absolute atomic E-state index is 11.1. The van der Waals surface area contributed by atoms with Crippen LogP contribution in [0.4, 0.5) is 0 Å². The number of hydrogen-bond acceptors (Lipinski definition) is 6. The minimum absolute atomic E-state index is 0.251. The number of carbonyl (C=O) groups excluding carboxylic acids is 2. The fraction of sp³-hybridized carbons (Fsp3) is 0.263. The summed E-state index contributed by atoms with van der Waals surface area (Å²) in [5.41, 5.74) is 1.42. The minimum atomic E-state index is -0.789. The van der Waals surface area contributed by atoms with Gasteiger partial charge in [0.05, 0.1) is 12.7 Å². The normalized spacial score (nSPS) is 18.7. The number of ether oxygens (including phenoxy) is 3. The molecule has 1 aliphatic rings. The van der Waals surface area contributed by atoms with Crippen molar-refractivity contribution in [2.45, 2.75) is 25.9 Å². The predicted octanol–water partition coefficient (Wildman–Crippen LogP) is 2.75. The van der Waals surface area contributed by atoms with Crippen LogP contribution >= 0.6 is 0 Å². The Morgan fingerprint density at radius 1 is 1.04 bits per heavy atom. The van der Waals surface area contributed by atoms with Gasteiger partial charge in [0.2, 0.25) is 0 Å². The first kappa shape index (κ1) is 17.0. The Bertz CT molecular complexity index is 813. The molecule has 1 N–H and O–H groups in total. The SMILES string of the molecule is CC(=O)Oc1cccc([C@@H]2COc3cc(OC(C)=O)ccc3[C@H]2O)c1. The first-order valence-electron chi connectivity index (χ1n) is 7.85. The summed E-state index contributed by atoms with van der Waals surface area (Å²) in [5.74, 6) is 0.153. The highest BCUT2D eigenvalue weighted by Crippen LogP contribution is 2.42. The lowest BCUT2D eigenvalue weighted by Gasteiger charge is -2.31. The molecular weight excluding hydrogens is 324 g/mol. The standard InChI is InChI=1S/C19H18O6/c1-11(20)24-14-5-3-4-13(8-14)17-10-23-18-9-15(25-12(2)21)6-7-16(18)19(17)22/h3-9,17,19,22H,10H2,1-2H3/t17-,19+/m0/s1. The molecule has 2 atom stereocenters. The van der Waals surface area contributed by atoms with Crippen LogP contribution in [0, 0.1) is 0 Å². The second kappa shape index (κ2) is 6.94. The second-order valence-corrected chi connectivity index (χ2v) is 5.82. The van der Waals surface area contributed by atoms with Gasteiger partial charge in [-0.15, -0.1) is 0 Å². The molecule has 0 aliphatic carbocycles. The van der Waals surface area contributed by atoms with Crippen molar-refractivity contribution < 1.29 is 28.9 Å². The number of aliphatic hydroxyl groups excluding tert-OH is 1. The van der Waals surface area contributed by atoms with Crippen LogP contribution in [0.2, 0.25) is 0 Å². The average Bonchev–Trinajstić information content (AvgIpc) is 2.54. The van der Waals surface area contributed by atoms with E-state index in [1.807, 2.05) is 6.07 Å². The Kier molecular flexibility index (Phi) is 4.72. The summed E-state index contributed by atoms with van der Waals surface area (Å²) in [4.78, 5) is 22.1. The number of rotatable bonds is 3. The summed E-state index contributed by atoms with van der Waals surface area (Å²) in [6, 6.07) is 11.9. The summed E-state index contributed by atoms with van der Waals surface area (Å²) >= 11 is 0. The number of carbonyl (C=O) groups is 2. The lowest BCUT2D eigenvalue weighted by molar-refractivity contribution is -0.132. The van der Waals surface area contributed by atoms with Crippen LogP contribution in [-0.4, -0.2) is 23.7 Å². The summed E-state index contributed by atoms with van der Waals surface area (Å²) in [7, 11) is 0. The van der Waals surface area contributed by atoms with E-state index in [-0.39, 0.29) is 12.5 Å². The minimum Gasteiger partial charge on any atom is -0.492 e. The van der Waals surface area contributed by atoms with Crippen LogP contribution in [0.25, 0.3) is 0 Å². The van der Waals surface area contributed by atoms with Crippen molar-refractivity contribution in [1.82, 2.24) is 0 Å². The lowest BCUT2D eigenvalue weighted by Crippen LogP contribution is -2.24.